The summed E-state index contributed by atoms with van der Waals surface area (Å²) in [6.45, 7) is 4.80. The van der Waals surface area contributed by atoms with E-state index < -0.39 is 0 Å². The normalized spacial score (nSPS) is 16.8. The molecule has 0 bridgehead atoms. The number of ether oxygens (including phenoxy) is 2. The highest BCUT2D eigenvalue weighted by molar-refractivity contribution is 5.37. The zero-order chi connectivity index (χ0) is 12.8. The van der Waals surface area contributed by atoms with Gasteiger partial charge in [-0.15, -0.1) is 0 Å². The second-order valence-corrected chi connectivity index (χ2v) is 4.35. The van der Waals surface area contributed by atoms with E-state index in [9.17, 15) is 0 Å². The van der Waals surface area contributed by atoms with E-state index in [1.807, 2.05) is 12.1 Å². The molecule has 0 atom stereocenters. The zero-order valence-electron chi connectivity index (χ0n) is 10.7. The van der Waals surface area contributed by atoms with Gasteiger partial charge in [-0.3, -0.25) is 9.74 Å². The molecular weight excluding hydrogens is 232 g/mol. The molecule has 5 nitrogen and oxygen atoms in total. The van der Waals surface area contributed by atoms with Gasteiger partial charge < -0.3 is 9.47 Å². The molecule has 1 aromatic rings. The van der Waals surface area contributed by atoms with Crippen LogP contribution in [0.3, 0.4) is 0 Å². The van der Waals surface area contributed by atoms with Gasteiger partial charge in [0.15, 0.2) is 0 Å². The lowest BCUT2D eigenvalue weighted by molar-refractivity contribution is 0.0338. The van der Waals surface area contributed by atoms with E-state index in [1.54, 1.807) is 7.11 Å². The zero-order valence-corrected chi connectivity index (χ0v) is 10.7. The summed E-state index contributed by atoms with van der Waals surface area (Å²) in [5.74, 6) is 6.01. The molecule has 1 fully saturated rings. The molecule has 1 heterocycles. The molecule has 100 valence electrons. The van der Waals surface area contributed by atoms with Crippen molar-refractivity contribution in [3.05, 3.63) is 29.3 Å². The summed E-state index contributed by atoms with van der Waals surface area (Å²) in [7, 11) is 1.69. The monoisotopic (exact) mass is 252 g/mol. The average molecular weight is 252 g/mol. The van der Waals surface area contributed by atoms with Crippen LogP contribution in [0.5, 0.6) is 5.75 Å². The van der Waals surface area contributed by atoms with Gasteiger partial charge in [0.05, 0.1) is 26.9 Å². The first-order chi connectivity index (χ1) is 8.83. The lowest BCUT2D eigenvalue weighted by Gasteiger charge is -2.27. The highest BCUT2D eigenvalue weighted by Crippen LogP contribution is 2.22. The Morgan fingerprint density at radius 2 is 2.11 bits per heavy atom. The van der Waals surface area contributed by atoms with Crippen molar-refractivity contribution in [1.29, 1.82) is 0 Å². The van der Waals surface area contributed by atoms with Crippen LogP contribution in [0.15, 0.2) is 18.2 Å². The highest BCUT2D eigenvalue weighted by atomic mass is 16.6. The molecule has 0 saturated carbocycles. The molecule has 0 aromatic heterocycles. The maximum absolute atomic E-state index is 5.39. The first-order valence-electron chi connectivity index (χ1n) is 6.11. The van der Waals surface area contributed by atoms with Gasteiger partial charge in [0, 0.05) is 25.2 Å². The number of nitrogens with two attached hydrogens (primary N) is 1. The Hall–Kier alpha value is -1.14. The van der Waals surface area contributed by atoms with Crippen molar-refractivity contribution in [2.75, 3.05) is 33.4 Å². The van der Waals surface area contributed by atoms with Gasteiger partial charge in [0.1, 0.15) is 5.75 Å². The number of morpholine rings is 1. The van der Waals surface area contributed by atoms with Crippen LogP contribution in [0.25, 0.3) is 0 Å². The van der Waals surface area contributed by atoms with Gasteiger partial charge >= 0.3 is 0 Å². The first kappa shape index (κ1) is 13.3. The van der Waals surface area contributed by atoms with Crippen LogP contribution < -0.4 is 10.6 Å². The number of hydrogen-bond donors (Lipinski definition) is 1. The fraction of sp³-hybridized carbons (Fsp3) is 0.538. The number of nitrogens with zero attached hydrogens (tertiary/aromatic N) is 1. The van der Waals surface area contributed by atoms with Crippen LogP contribution in [0.4, 0.5) is 0 Å². The van der Waals surface area contributed by atoms with E-state index >= 15 is 0 Å². The lowest BCUT2D eigenvalue weighted by Crippen LogP contribution is -2.35. The van der Waals surface area contributed by atoms with Crippen molar-refractivity contribution < 1.29 is 14.3 Å². The van der Waals surface area contributed by atoms with Gasteiger partial charge in [-0.2, -0.15) is 0 Å². The maximum Gasteiger partial charge on any atom is 0.123 e. The third kappa shape index (κ3) is 3.43. The summed E-state index contributed by atoms with van der Waals surface area (Å²) in [6.07, 6.45) is 0. The van der Waals surface area contributed by atoms with E-state index in [1.165, 1.54) is 0 Å². The minimum atomic E-state index is 0.417. The minimum Gasteiger partial charge on any atom is -0.496 e. The minimum absolute atomic E-state index is 0.417. The van der Waals surface area contributed by atoms with Crippen LogP contribution in [0.1, 0.15) is 11.1 Å². The molecule has 2 N–H and O–H groups in total. The topological polar surface area (TPSA) is 57.0 Å². The molecule has 0 unspecified atom stereocenters. The quantitative estimate of drug-likeness (QED) is 0.790. The number of benzene rings is 1. The van der Waals surface area contributed by atoms with Crippen LogP contribution >= 0.6 is 0 Å². The molecule has 1 aliphatic rings. The standard InChI is InChI=1S/C13H20N2O3/c1-16-13-3-2-11(10-18-14)8-12(13)9-15-4-6-17-7-5-15/h2-3,8H,4-7,9-10,14H2,1H3. The molecule has 0 radical (unpaired) electrons. The lowest BCUT2D eigenvalue weighted by atomic mass is 10.1. The molecular formula is C13H20N2O3. The fourth-order valence-electron chi connectivity index (χ4n) is 2.14. The molecule has 18 heavy (non-hydrogen) atoms. The van der Waals surface area contributed by atoms with Gasteiger partial charge in [0.2, 0.25) is 0 Å². The number of hydrogen-bond acceptors (Lipinski definition) is 5. The molecule has 2 rings (SSSR count). The van der Waals surface area contributed by atoms with Gasteiger partial charge in [0.25, 0.3) is 0 Å². The third-order valence-corrected chi connectivity index (χ3v) is 3.09. The van der Waals surface area contributed by atoms with E-state index in [-0.39, 0.29) is 0 Å². The van der Waals surface area contributed by atoms with E-state index in [0.29, 0.717) is 6.61 Å². The predicted molar refractivity (Wildman–Crippen MR) is 68.1 cm³/mol. The SMILES string of the molecule is COc1ccc(CON)cc1CN1CCOCC1. The third-order valence-electron chi connectivity index (χ3n) is 3.09. The second kappa shape index (κ2) is 6.70. The number of methoxy groups -OCH3 is 1. The van der Waals surface area contributed by atoms with E-state index in [4.69, 9.17) is 15.4 Å². The van der Waals surface area contributed by atoms with E-state index in [0.717, 1.165) is 49.7 Å². The summed E-state index contributed by atoms with van der Waals surface area (Å²) in [6, 6.07) is 6.01. The molecule has 1 aliphatic heterocycles. The molecule has 0 spiro atoms. The van der Waals surface area contributed by atoms with Crippen molar-refractivity contribution in [3.63, 3.8) is 0 Å². The predicted octanol–water partition coefficient (Wildman–Crippen LogP) is 0.918. The first-order valence-corrected chi connectivity index (χ1v) is 6.11. The average Bonchev–Trinajstić information content (AvgIpc) is 2.41. The van der Waals surface area contributed by atoms with Crippen molar-refractivity contribution in [2.24, 2.45) is 5.90 Å². The fourth-order valence-corrected chi connectivity index (χ4v) is 2.14. The summed E-state index contributed by atoms with van der Waals surface area (Å²) in [4.78, 5) is 7.03. The van der Waals surface area contributed by atoms with Crippen LogP contribution in [-0.2, 0) is 22.7 Å². The van der Waals surface area contributed by atoms with Gasteiger partial charge in [-0.25, -0.2) is 5.90 Å². The second-order valence-electron chi connectivity index (χ2n) is 4.35. The highest BCUT2D eigenvalue weighted by Gasteiger charge is 2.13. The van der Waals surface area contributed by atoms with Gasteiger partial charge in [-0.05, 0) is 17.7 Å². The Morgan fingerprint density at radius 3 is 2.78 bits per heavy atom. The van der Waals surface area contributed by atoms with Crippen molar-refractivity contribution in [1.82, 2.24) is 4.90 Å². The Morgan fingerprint density at radius 1 is 1.33 bits per heavy atom. The Balaban J connectivity index is 2.09. The van der Waals surface area contributed by atoms with Crippen molar-refractivity contribution in [3.8, 4) is 5.75 Å². The largest absolute Gasteiger partial charge is 0.496 e. The van der Waals surface area contributed by atoms with E-state index in [2.05, 4.69) is 15.8 Å². The summed E-state index contributed by atoms with van der Waals surface area (Å²) in [5.41, 5.74) is 2.22. The molecule has 1 aromatic carbocycles. The number of rotatable bonds is 5. The van der Waals surface area contributed by atoms with Gasteiger partial charge in [-0.1, -0.05) is 6.07 Å². The summed E-state index contributed by atoms with van der Waals surface area (Å²) in [5, 5.41) is 0. The van der Waals surface area contributed by atoms with Crippen LogP contribution in [0, 0.1) is 0 Å². The Bertz CT molecular complexity index is 378. The summed E-state index contributed by atoms with van der Waals surface area (Å²) < 4.78 is 10.7. The smallest absolute Gasteiger partial charge is 0.123 e. The van der Waals surface area contributed by atoms with Crippen molar-refractivity contribution >= 4 is 0 Å². The maximum atomic E-state index is 5.39. The molecule has 5 heteroatoms. The van der Waals surface area contributed by atoms with Crippen molar-refractivity contribution in [2.45, 2.75) is 13.2 Å². The Labute approximate surface area is 107 Å². The molecule has 1 saturated heterocycles. The summed E-state index contributed by atoms with van der Waals surface area (Å²) >= 11 is 0. The Kier molecular flexibility index (Phi) is 4.95. The molecule has 0 amide bonds. The van der Waals surface area contributed by atoms with Crippen LogP contribution in [-0.4, -0.2) is 38.3 Å². The molecule has 0 aliphatic carbocycles. The van der Waals surface area contributed by atoms with Crippen LogP contribution in [0.2, 0.25) is 0 Å².